The Hall–Kier alpha value is -2.14. The summed E-state index contributed by atoms with van der Waals surface area (Å²) < 4.78 is 6.43. The molecule has 2 bridgehead atoms. The molecule has 0 aliphatic heterocycles. The van der Waals surface area contributed by atoms with Crippen LogP contribution < -0.4 is 10.1 Å². The predicted molar refractivity (Wildman–Crippen MR) is 102 cm³/mol. The van der Waals surface area contributed by atoms with Crippen molar-refractivity contribution in [3.05, 3.63) is 41.5 Å². The lowest BCUT2D eigenvalue weighted by Crippen LogP contribution is -2.23. The molecule has 2 heterocycles. The van der Waals surface area contributed by atoms with E-state index in [4.69, 9.17) is 4.74 Å². The first-order valence-electron chi connectivity index (χ1n) is 8.99. The van der Waals surface area contributed by atoms with E-state index in [1.807, 2.05) is 12.1 Å². The molecule has 0 radical (unpaired) electrons. The van der Waals surface area contributed by atoms with E-state index in [1.54, 1.807) is 17.7 Å². The van der Waals surface area contributed by atoms with E-state index in [9.17, 15) is 0 Å². The highest BCUT2D eigenvalue weighted by Gasteiger charge is 2.41. The second-order valence-electron chi connectivity index (χ2n) is 7.27. The van der Waals surface area contributed by atoms with Gasteiger partial charge in [0.05, 0.1) is 11.1 Å². The Morgan fingerprint density at radius 3 is 2.92 bits per heavy atom. The first kappa shape index (κ1) is 15.1. The average Bonchev–Trinajstić information content (AvgIpc) is 3.33. The number of nitrogens with one attached hydrogen (secondary N) is 1. The molecule has 128 valence electrons. The van der Waals surface area contributed by atoms with E-state index in [0.717, 1.165) is 39.3 Å². The molecular formula is C20H21N3OS. The monoisotopic (exact) mass is 351 g/mol. The number of benzene rings is 1. The van der Waals surface area contributed by atoms with Crippen molar-refractivity contribution >= 4 is 33.1 Å². The van der Waals surface area contributed by atoms with E-state index < -0.39 is 0 Å². The summed E-state index contributed by atoms with van der Waals surface area (Å²) >= 11 is 1.65. The maximum atomic E-state index is 6.43. The van der Waals surface area contributed by atoms with E-state index in [0.29, 0.717) is 6.10 Å². The van der Waals surface area contributed by atoms with Gasteiger partial charge in [-0.2, -0.15) is 0 Å². The van der Waals surface area contributed by atoms with E-state index in [1.165, 1.54) is 31.2 Å². The zero-order valence-corrected chi connectivity index (χ0v) is 15.1. The van der Waals surface area contributed by atoms with Gasteiger partial charge in [-0.25, -0.2) is 9.97 Å². The number of aryl methyl sites for hydroxylation is 1. The number of ether oxygens (including phenoxy) is 1. The normalized spacial score (nSPS) is 24.8. The van der Waals surface area contributed by atoms with Crippen molar-refractivity contribution in [3.63, 3.8) is 0 Å². The molecular weight excluding hydrogens is 330 g/mol. The Labute approximate surface area is 151 Å². The van der Waals surface area contributed by atoms with Gasteiger partial charge in [0.2, 0.25) is 0 Å². The fraction of sp³-hybridized carbons (Fsp3) is 0.400. The molecule has 0 amide bonds. The van der Waals surface area contributed by atoms with Crippen LogP contribution >= 0.6 is 11.3 Å². The number of hydrogen-bond donors (Lipinski definition) is 1. The first-order valence-corrected chi connectivity index (χ1v) is 9.87. The van der Waals surface area contributed by atoms with E-state index in [2.05, 4.69) is 39.7 Å². The SMILES string of the molecule is Cc1csc2ncnc(Nc3ccccc3OC3CC4CCC3C4)c12. The largest absolute Gasteiger partial charge is 0.488 e. The van der Waals surface area contributed by atoms with Gasteiger partial charge in [-0.1, -0.05) is 12.1 Å². The van der Waals surface area contributed by atoms with Gasteiger partial charge in [-0.3, -0.25) is 0 Å². The quantitative estimate of drug-likeness (QED) is 0.692. The van der Waals surface area contributed by atoms with Crippen molar-refractivity contribution in [2.75, 3.05) is 5.32 Å². The van der Waals surface area contributed by atoms with Crippen LogP contribution in [0.5, 0.6) is 5.75 Å². The van der Waals surface area contributed by atoms with Gasteiger partial charge in [0, 0.05) is 0 Å². The molecule has 5 heteroatoms. The van der Waals surface area contributed by atoms with Crippen LogP contribution in [0, 0.1) is 18.8 Å². The lowest BCUT2D eigenvalue weighted by molar-refractivity contribution is 0.139. The molecule has 1 aromatic carbocycles. The van der Waals surface area contributed by atoms with Gasteiger partial charge in [-0.05, 0) is 67.5 Å². The molecule has 2 aliphatic rings. The summed E-state index contributed by atoms with van der Waals surface area (Å²) in [5.41, 5.74) is 2.19. The zero-order valence-electron chi connectivity index (χ0n) is 14.2. The molecule has 2 aromatic heterocycles. The summed E-state index contributed by atoms with van der Waals surface area (Å²) in [6, 6.07) is 8.21. The Bertz CT molecular complexity index is 922. The molecule has 3 unspecified atom stereocenters. The highest BCUT2D eigenvalue weighted by molar-refractivity contribution is 7.17. The molecule has 0 saturated heterocycles. The molecule has 1 N–H and O–H groups in total. The van der Waals surface area contributed by atoms with Gasteiger partial charge in [-0.15, -0.1) is 11.3 Å². The van der Waals surface area contributed by atoms with Crippen LogP contribution in [0.25, 0.3) is 10.2 Å². The van der Waals surface area contributed by atoms with Crippen molar-refractivity contribution in [1.29, 1.82) is 0 Å². The van der Waals surface area contributed by atoms with Crippen LogP contribution in [-0.2, 0) is 0 Å². The average molecular weight is 351 g/mol. The van der Waals surface area contributed by atoms with Crippen molar-refractivity contribution in [1.82, 2.24) is 9.97 Å². The molecule has 2 aliphatic carbocycles. The highest BCUT2D eigenvalue weighted by atomic mass is 32.1. The minimum absolute atomic E-state index is 0.370. The van der Waals surface area contributed by atoms with Gasteiger partial charge in [0.25, 0.3) is 0 Å². The van der Waals surface area contributed by atoms with Gasteiger partial charge >= 0.3 is 0 Å². The van der Waals surface area contributed by atoms with E-state index in [-0.39, 0.29) is 0 Å². The number of nitrogens with zero attached hydrogens (tertiary/aromatic N) is 2. The predicted octanol–water partition coefficient (Wildman–Crippen LogP) is 5.31. The third-order valence-electron chi connectivity index (χ3n) is 5.65. The molecule has 2 fully saturated rings. The maximum Gasteiger partial charge on any atom is 0.143 e. The summed E-state index contributed by atoms with van der Waals surface area (Å²) in [5.74, 6) is 3.40. The number of thiophene rings is 1. The molecule has 0 spiro atoms. The number of aromatic nitrogens is 2. The summed E-state index contributed by atoms with van der Waals surface area (Å²) in [7, 11) is 0. The molecule has 3 aromatic rings. The number of anilines is 2. The second kappa shape index (κ2) is 5.99. The third kappa shape index (κ3) is 2.67. The number of fused-ring (bicyclic) bond motifs is 3. The summed E-state index contributed by atoms with van der Waals surface area (Å²) in [6.07, 6.45) is 7.27. The number of hydrogen-bond acceptors (Lipinski definition) is 5. The second-order valence-corrected chi connectivity index (χ2v) is 8.13. The minimum Gasteiger partial charge on any atom is -0.488 e. The summed E-state index contributed by atoms with van der Waals surface area (Å²) in [6.45, 7) is 2.10. The molecule has 5 rings (SSSR count). The summed E-state index contributed by atoms with van der Waals surface area (Å²) in [4.78, 5) is 9.86. The van der Waals surface area contributed by atoms with Crippen LogP contribution in [-0.4, -0.2) is 16.1 Å². The van der Waals surface area contributed by atoms with E-state index >= 15 is 0 Å². The molecule has 25 heavy (non-hydrogen) atoms. The van der Waals surface area contributed by atoms with Crippen molar-refractivity contribution in [2.24, 2.45) is 11.8 Å². The molecule has 3 atom stereocenters. The minimum atomic E-state index is 0.370. The molecule has 2 saturated carbocycles. The smallest absolute Gasteiger partial charge is 0.143 e. The van der Waals surface area contributed by atoms with Crippen molar-refractivity contribution in [3.8, 4) is 5.75 Å². The topological polar surface area (TPSA) is 47.0 Å². The maximum absolute atomic E-state index is 6.43. The first-order chi connectivity index (χ1) is 12.3. The number of para-hydroxylation sites is 2. The Balaban J connectivity index is 1.45. The lowest BCUT2D eigenvalue weighted by Gasteiger charge is -2.24. The van der Waals surface area contributed by atoms with Gasteiger partial charge < -0.3 is 10.1 Å². The Morgan fingerprint density at radius 2 is 2.08 bits per heavy atom. The fourth-order valence-electron chi connectivity index (χ4n) is 4.41. The zero-order chi connectivity index (χ0) is 16.8. The Kier molecular flexibility index (Phi) is 3.63. The van der Waals surface area contributed by atoms with Crippen LogP contribution in [0.1, 0.15) is 31.2 Å². The van der Waals surface area contributed by atoms with Crippen LogP contribution in [0.4, 0.5) is 11.5 Å². The summed E-state index contributed by atoms with van der Waals surface area (Å²) in [5, 5.41) is 6.72. The standard InChI is InChI=1S/C20H21N3OS/c1-12-10-25-20-18(12)19(21-11-22-20)23-15-4-2-3-5-16(15)24-17-9-13-6-7-14(17)8-13/h2-5,10-11,13-14,17H,6-9H2,1H3,(H,21,22,23). The van der Waals surface area contributed by atoms with Gasteiger partial charge in [0.1, 0.15) is 28.8 Å². The number of rotatable bonds is 4. The molecule has 4 nitrogen and oxygen atoms in total. The third-order valence-corrected chi connectivity index (χ3v) is 6.65. The van der Waals surface area contributed by atoms with Gasteiger partial charge in [0.15, 0.2) is 0 Å². The van der Waals surface area contributed by atoms with Crippen molar-refractivity contribution < 1.29 is 4.74 Å². The highest BCUT2D eigenvalue weighted by Crippen LogP contribution is 2.46. The van der Waals surface area contributed by atoms with Crippen molar-refractivity contribution in [2.45, 2.75) is 38.7 Å². The van der Waals surface area contributed by atoms with Crippen LogP contribution in [0.2, 0.25) is 0 Å². The van der Waals surface area contributed by atoms with Crippen LogP contribution in [0.3, 0.4) is 0 Å². The fourth-order valence-corrected chi connectivity index (χ4v) is 5.30. The Morgan fingerprint density at radius 1 is 1.16 bits per heavy atom. The van der Waals surface area contributed by atoms with Crippen LogP contribution in [0.15, 0.2) is 36.0 Å². The lowest BCUT2D eigenvalue weighted by atomic mass is 9.98.